The number of hydrogen-bond donors (Lipinski definition) is 1. The van der Waals surface area contributed by atoms with E-state index in [2.05, 4.69) is 6.08 Å². The average Bonchev–Trinajstić information content (AvgIpc) is 3.17. The summed E-state index contributed by atoms with van der Waals surface area (Å²) in [6, 6.07) is 5.21. The number of benzene rings is 1. The fourth-order valence-corrected chi connectivity index (χ4v) is 3.99. The highest BCUT2D eigenvalue weighted by Crippen LogP contribution is 2.23. The SMILES string of the molecule is NC(=O)N1CCC[C@H]1C(=O)N(CCC1=CCCCC1)Cc1ccc(F)cc1. The minimum Gasteiger partial charge on any atom is -0.351 e. The van der Waals surface area contributed by atoms with Crippen molar-refractivity contribution in [2.24, 2.45) is 5.73 Å². The van der Waals surface area contributed by atoms with Gasteiger partial charge in [0.1, 0.15) is 11.9 Å². The third-order valence-electron chi connectivity index (χ3n) is 5.51. The van der Waals surface area contributed by atoms with Crippen molar-refractivity contribution >= 4 is 11.9 Å². The van der Waals surface area contributed by atoms with Gasteiger partial charge in [-0.25, -0.2) is 9.18 Å². The number of primary amides is 1. The molecule has 1 atom stereocenters. The van der Waals surface area contributed by atoms with E-state index in [1.165, 1.54) is 35.4 Å². The highest BCUT2D eigenvalue weighted by molar-refractivity contribution is 5.87. The maximum absolute atomic E-state index is 13.2. The first-order chi connectivity index (χ1) is 13.0. The molecule has 0 saturated carbocycles. The number of nitrogens with zero attached hydrogens (tertiary/aromatic N) is 2. The van der Waals surface area contributed by atoms with Crippen LogP contribution < -0.4 is 5.73 Å². The summed E-state index contributed by atoms with van der Waals surface area (Å²) in [6.45, 7) is 1.54. The average molecular weight is 373 g/mol. The molecule has 1 aromatic carbocycles. The van der Waals surface area contributed by atoms with E-state index < -0.39 is 12.1 Å². The van der Waals surface area contributed by atoms with E-state index in [9.17, 15) is 14.0 Å². The number of likely N-dealkylation sites (tertiary alicyclic amines) is 1. The van der Waals surface area contributed by atoms with E-state index in [1.807, 2.05) is 0 Å². The number of carbonyl (C=O) groups excluding carboxylic acids is 2. The van der Waals surface area contributed by atoms with Gasteiger partial charge in [-0.1, -0.05) is 23.8 Å². The molecule has 0 spiro atoms. The molecule has 0 aromatic heterocycles. The van der Waals surface area contributed by atoms with Crippen LogP contribution in [0.3, 0.4) is 0 Å². The van der Waals surface area contributed by atoms with E-state index in [0.29, 0.717) is 26.1 Å². The molecule has 1 fully saturated rings. The van der Waals surface area contributed by atoms with Gasteiger partial charge < -0.3 is 15.5 Å². The second-order valence-corrected chi connectivity index (χ2v) is 7.43. The van der Waals surface area contributed by atoms with Gasteiger partial charge in [-0.15, -0.1) is 0 Å². The van der Waals surface area contributed by atoms with Crippen LogP contribution >= 0.6 is 0 Å². The minimum absolute atomic E-state index is 0.0629. The van der Waals surface area contributed by atoms with Crippen LogP contribution in [0.4, 0.5) is 9.18 Å². The largest absolute Gasteiger partial charge is 0.351 e. The number of halogens is 1. The Morgan fingerprint density at radius 2 is 1.96 bits per heavy atom. The molecule has 1 heterocycles. The molecule has 146 valence electrons. The minimum atomic E-state index is -0.539. The Labute approximate surface area is 160 Å². The molecular formula is C21H28FN3O2. The topological polar surface area (TPSA) is 66.6 Å². The molecule has 3 rings (SSSR count). The fraction of sp³-hybridized carbons (Fsp3) is 0.524. The summed E-state index contributed by atoms with van der Waals surface area (Å²) < 4.78 is 13.2. The maximum Gasteiger partial charge on any atom is 0.315 e. The number of carbonyl (C=O) groups is 2. The highest BCUT2D eigenvalue weighted by atomic mass is 19.1. The van der Waals surface area contributed by atoms with Crippen LogP contribution in [0.25, 0.3) is 0 Å². The maximum atomic E-state index is 13.2. The number of hydrogen-bond acceptors (Lipinski definition) is 2. The Hall–Kier alpha value is -2.37. The van der Waals surface area contributed by atoms with Gasteiger partial charge in [0.05, 0.1) is 0 Å². The predicted molar refractivity (Wildman–Crippen MR) is 102 cm³/mol. The highest BCUT2D eigenvalue weighted by Gasteiger charge is 2.35. The Balaban J connectivity index is 1.73. The van der Waals surface area contributed by atoms with Gasteiger partial charge in [-0.05, 0) is 62.6 Å². The van der Waals surface area contributed by atoms with E-state index >= 15 is 0 Å². The van der Waals surface area contributed by atoms with Crippen LogP contribution in [-0.4, -0.2) is 40.9 Å². The molecule has 6 heteroatoms. The summed E-state index contributed by atoms with van der Waals surface area (Å²) in [5.74, 6) is -0.355. The number of rotatable bonds is 6. The monoisotopic (exact) mass is 373 g/mol. The lowest BCUT2D eigenvalue weighted by molar-refractivity contribution is -0.135. The molecule has 1 saturated heterocycles. The van der Waals surface area contributed by atoms with Crippen LogP contribution in [0.5, 0.6) is 0 Å². The molecule has 0 unspecified atom stereocenters. The molecule has 0 radical (unpaired) electrons. The molecule has 2 N–H and O–H groups in total. The second-order valence-electron chi connectivity index (χ2n) is 7.43. The smallest absolute Gasteiger partial charge is 0.315 e. The molecule has 1 aromatic rings. The van der Waals surface area contributed by atoms with E-state index in [0.717, 1.165) is 31.2 Å². The van der Waals surface area contributed by atoms with Crippen molar-refractivity contribution in [3.63, 3.8) is 0 Å². The molecule has 3 amide bonds. The summed E-state index contributed by atoms with van der Waals surface area (Å²) in [7, 11) is 0. The van der Waals surface area contributed by atoms with Crippen LogP contribution in [-0.2, 0) is 11.3 Å². The van der Waals surface area contributed by atoms with Crippen LogP contribution in [0.2, 0.25) is 0 Å². The summed E-state index contributed by atoms with van der Waals surface area (Å²) in [5, 5.41) is 0. The van der Waals surface area contributed by atoms with E-state index in [1.54, 1.807) is 17.0 Å². The molecule has 1 aliphatic heterocycles. The Morgan fingerprint density at radius 1 is 1.19 bits per heavy atom. The fourth-order valence-electron chi connectivity index (χ4n) is 3.99. The Morgan fingerprint density at radius 3 is 2.63 bits per heavy atom. The van der Waals surface area contributed by atoms with Gasteiger partial charge in [0, 0.05) is 19.6 Å². The molecule has 1 aliphatic carbocycles. The van der Waals surface area contributed by atoms with E-state index in [4.69, 9.17) is 5.73 Å². The molecule has 2 aliphatic rings. The van der Waals surface area contributed by atoms with Crippen LogP contribution in [0.15, 0.2) is 35.9 Å². The summed E-state index contributed by atoms with van der Waals surface area (Å²) >= 11 is 0. The molecule has 27 heavy (non-hydrogen) atoms. The zero-order valence-corrected chi connectivity index (χ0v) is 15.7. The van der Waals surface area contributed by atoms with Crippen molar-refractivity contribution in [2.45, 2.75) is 57.5 Å². The number of nitrogens with two attached hydrogens (primary N) is 1. The van der Waals surface area contributed by atoms with Crippen LogP contribution in [0, 0.1) is 5.82 Å². The van der Waals surface area contributed by atoms with Crippen molar-refractivity contribution < 1.29 is 14.0 Å². The van der Waals surface area contributed by atoms with Gasteiger partial charge in [0.2, 0.25) is 5.91 Å². The summed E-state index contributed by atoms with van der Waals surface area (Å²) in [6.07, 6.45) is 9.20. The van der Waals surface area contributed by atoms with Gasteiger partial charge >= 0.3 is 6.03 Å². The Bertz CT molecular complexity index is 702. The number of allylic oxidation sites excluding steroid dienone is 1. The second kappa shape index (κ2) is 9.02. The van der Waals surface area contributed by atoms with Gasteiger partial charge in [0.15, 0.2) is 0 Å². The standard InChI is InChI=1S/C21H28FN3O2/c22-18-10-8-17(9-11-18)15-24(14-12-16-5-2-1-3-6-16)20(26)19-7-4-13-25(19)21(23)27/h5,8-11,19H,1-4,6-7,12-15H2,(H2,23,27)/t19-/m0/s1. The van der Waals surface area contributed by atoms with E-state index in [-0.39, 0.29) is 11.7 Å². The van der Waals surface area contributed by atoms with Crippen LogP contribution in [0.1, 0.15) is 50.5 Å². The quantitative estimate of drug-likeness (QED) is 0.775. The number of amides is 3. The first kappa shape index (κ1) is 19.4. The van der Waals surface area contributed by atoms with Gasteiger partial charge in [-0.2, -0.15) is 0 Å². The summed E-state index contributed by atoms with van der Waals surface area (Å²) in [5.41, 5.74) is 7.73. The van der Waals surface area contributed by atoms with Crippen molar-refractivity contribution in [2.75, 3.05) is 13.1 Å². The molecule has 0 bridgehead atoms. The lowest BCUT2D eigenvalue weighted by Gasteiger charge is -2.30. The van der Waals surface area contributed by atoms with Crippen molar-refractivity contribution in [3.8, 4) is 0 Å². The van der Waals surface area contributed by atoms with Gasteiger partial charge in [0.25, 0.3) is 0 Å². The third kappa shape index (κ3) is 5.08. The Kier molecular flexibility index (Phi) is 6.48. The molecule has 5 nitrogen and oxygen atoms in total. The lowest BCUT2D eigenvalue weighted by Crippen LogP contribution is -2.49. The van der Waals surface area contributed by atoms with Gasteiger partial charge in [-0.3, -0.25) is 4.79 Å². The predicted octanol–water partition coefficient (Wildman–Crippen LogP) is 3.59. The number of urea groups is 1. The van der Waals surface area contributed by atoms with Crippen molar-refractivity contribution in [3.05, 3.63) is 47.3 Å². The normalized spacial score (nSPS) is 19.7. The third-order valence-corrected chi connectivity index (χ3v) is 5.51. The zero-order chi connectivity index (χ0) is 19.2. The first-order valence-electron chi connectivity index (χ1n) is 9.82. The molecular weight excluding hydrogens is 345 g/mol. The van der Waals surface area contributed by atoms with Crippen molar-refractivity contribution in [1.82, 2.24) is 9.80 Å². The van der Waals surface area contributed by atoms with Crippen molar-refractivity contribution in [1.29, 1.82) is 0 Å². The first-order valence-corrected chi connectivity index (χ1v) is 9.82. The zero-order valence-electron chi connectivity index (χ0n) is 15.7. The lowest BCUT2D eigenvalue weighted by atomic mass is 9.97. The summed E-state index contributed by atoms with van der Waals surface area (Å²) in [4.78, 5) is 28.1.